The smallest absolute Gasteiger partial charge is 0.306 e. The molecule has 0 amide bonds. The highest BCUT2D eigenvalue weighted by atomic mass is 32.2. The molecule has 2 aliphatic rings. The van der Waals surface area contributed by atoms with Crippen LogP contribution in [-0.2, 0) is 10.1 Å². The van der Waals surface area contributed by atoms with Crippen LogP contribution in [0.25, 0.3) is 11.1 Å². The molecule has 2 N–H and O–H groups in total. The molecule has 0 saturated heterocycles. The van der Waals surface area contributed by atoms with Crippen molar-refractivity contribution in [3.05, 3.63) is 107 Å². The van der Waals surface area contributed by atoms with Gasteiger partial charge in [0.05, 0.1) is 19.1 Å². The van der Waals surface area contributed by atoms with E-state index >= 15 is 0 Å². The first-order valence-electron chi connectivity index (χ1n) is 11.9. The Balaban J connectivity index is 1.41. The molecule has 4 aromatic carbocycles. The summed E-state index contributed by atoms with van der Waals surface area (Å²) in [6.07, 6.45) is 0.197. The van der Waals surface area contributed by atoms with Gasteiger partial charge in [-0.25, -0.2) is 0 Å². The van der Waals surface area contributed by atoms with Gasteiger partial charge in [-0.1, -0.05) is 42.5 Å². The maximum absolute atomic E-state index is 11.7. The number of ether oxygens (including phenoxy) is 3. The van der Waals surface area contributed by atoms with Crippen LogP contribution in [0.2, 0.25) is 0 Å². The van der Waals surface area contributed by atoms with Crippen LogP contribution < -0.4 is 24.1 Å². The van der Waals surface area contributed by atoms with Crippen molar-refractivity contribution >= 4 is 15.8 Å². The van der Waals surface area contributed by atoms with Crippen molar-refractivity contribution in [3.63, 3.8) is 0 Å². The summed E-state index contributed by atoms with van der Waals surface area (Å²) in [4.78, 5) is 5.14. The van der Waals surface area contributed by atoms with Crippen LogP contribution in [0.4, 0.5) is 0 Å². The number of hydrogen-bond acceptors (Lipinski definition) is 8. The number of hydrogen-bond donors (Lipinski definition) is 1. The SMILES string of the molecule is COc1cc(OS(C)(=O)=O)cc(-c2cccc(C3N=C(c4ccc5c(c4)OC(N)O5)c4ccccc43)c2)c1. The first-order chi connectivity index (χ1) is 18.3. The normalized spacial score (nSPS) is 17.6. The van der Waals surface area contributed by atoms with E-state index in [9.17, 15) is 8.42 Å². The predicted molar refractivity (Wildman–Crippen MR) is 143 cm³/mol. The van der Waals surface area contributed by atoms with E-state index in [0.29, 0.717) is 17.2 Å². The van der Waals surface area contributed by atoms with E-state index in [4.69, 9.17) is 29.1 Å². The fourth-order valence-corrected chi connectivity index (χ4v) is 5.24. The maximum Gasteiger partial charge on any atom is 0.306 e. The molecular formula is C29H24N2O6S. The molecule has 2 unspecified atom stereocenters. The molecule has 0 aromatic heterocycles. The van der Waals surface area contributed by atoms with Crippen LogP contribution in [0, 0.1) is 0 Å². The van der Waals surface area contributed by atoms with Gasteiger partial charge in [0.25, 0.3) is 6.41 Å². The zero-order chi connectivity index (χ0) is 26.4. The second-order valence-corrected chi connectivity index (χ2v) is 10.6. The number of benzene rings is 4. The van der Waals surface area contributed by atoms with Crippen molar-refractivity contribution in [1.29, 1.82) is 0 Å². The highest BCUT2D eigenvalue weighted by Gasteiger charge is 2.29. The lowest BCUT2D eigenvalue weighted by Gasteiger charge is -2.13. The zero-order valence-corrected chi connectivity index (χ0v) is 21.4. The van der Waals surface area contributed by atoms with Crippen molar-refractivity contribution < 1.29 is 26.8 Å². The van der Waals surface area contributed by atoms with Gasteiger partial charge < -0.3 is 18.4 Å². The fourth-order valence-electron chi connectivity index (χ4n) is 4.79. The third-order valence-electron chi connectivity index (χ3n) is 6.37. The fraction of sp³-hybridized carbons (Fsp3) is 0.138. The molecule has 38 heavy (non-hydrogen) atoms. The Morgan fingerprint density at radius 2 is 1.61 bits per heavy atom. The van der Waals surface area contributed by atoms with Gasteiger partial charge in [0.1, 0.15) is 17.5 Å². The Hall–Kier alpha value is -4.34. The van der Waals surface area contributed by atoms with Crippen molar-refractivity contribution in [1.82, 2.24) is 0 Å². The third kappa shape index (κ3) is 4.57. The minimum Gasteiger partial charge on any atom is -0.497 e. The minimum atomic E-state index is -3.69. The Morgan fingerprint density at radius 3 is 2.42 bits per heavy atom. The summed E-state index contributed by atoms with van der Waals surface area (Å²) in [6, 6.07) is 26.6. The third-order valence-corrected chi connectivity index (χ3v) is 6.87. The van der Waals surface area contributed by atoms with Gasteiger partial charge in [-0.15, -0.1) is 0 Å². The van der Waals surface area contributed by atoms with Crippen LogP contribution >= 0.6 is 0 Å². The van der Waals surface area contributed by atoms with Crippen LogP contribution in [-0.4, -0.2) is 33.9 Å². The molecule has 0 saturated carbocycles. The summed E-state index contributed by atoms with van der Waals surface area (Å²) >= 11 is 0. The van der Waals surface area contributed by atoms with E-state index in [1.807, 2.05) is 60.7 Å². The van der Waals surface area contributed by atoms with Gasteiger partial charge in [0, 0.05) is 17.2 Å². The zero-order valence-electron chi connectivity index (χ0n) is 20.6. The Kier molecular flexibility index (Phi) is 5.81. The molecule has 192 valence electrons. The topological polar surface area (TPSA) is 109 Å². The average molecular weight is 529 g/mol. The number of nitrogens with two attached hydrogens (primary N) is 1. The molecule has 0 bridgehead atoms. The average Bonchev–Trinajstić information content (AvgIpc) is 3.47. The molecule has 6 rings (SSSR count). The summed E-state index contributed by atoms with van der Waals surface area (Å²) in [7, 11) is -2.17. The molecule has 0 radical (unpaired) electrons. The van der Waals surface area contributed by atoms with Crippen molar-refractivity contribution in [2.75, 3.05) is 13.4 Å². The Bertz CT molecular complexity index is 1700. The van der Waals surface area contributed by atoms with Crippen LogP contribution in [0.3, 0.4) is 0 Å². The Labute approximate surface area is 220 Å². The molecule has 2 heterocycles. The van der Waals surface area contributed by atoms with E-state index in [-0.39, 0.29) is 11.8 Å². The summed E-state index contributed by atoms with van der Waals surface area (Å²) in [5, 5.41) is 0. The van der Waals surface area contributed by atoms with Crippen molar-refractivity contribution in [2.45, 2.75) is 12.5 Å². The molecule has 0 aliphatic carbocycles. The summed E-state index contributed by atoms with van der Waals surface area (Å²) in [5.41, 5.74) is 12.3. The van der Waals surface area contributed by atoms with Crippen LogP contribution in [0.1, 0.15) is 28.3 Å². The molecule has 9 heteroatoms. The van der Waals surface area contributed by atoms with Crippen molar-refractivity contribution in [2.24, 2.45) is 10.7 Å². The van der Waals surface area contributed by atoms with Crippen LogP contribution in [0.15, 0.2) is 89.9 Å². The predicted octanol–water partition coefficient (Wildman–Crippen LogP) is 4.65. The summed E-state index contributed by atoms with van der Waals surface area (Å²) in [6.45, 7) is 0. The number of aliphatic imine (C=N–C) groups is 1. The standard InChI is InChI=1S/C29H24N2O6S/c1-34-21-13-20(14-22(16-21)37-38(2,32)33)17-6-5-7-18(12-17)27-23-8-3-4-9-24(23)28(31-27)19-10-11-25-26(15-19)36-29(30)35-25/h3-16,27,29H,30H2,1-2H3. The lowest BCUT2D eigenvalue weighted by Crippen LogP contribution is -2.28. The minimum absolute atomic E-state index is 0.182. The lowest BCUT2D eigenvalue weighted by atomic mass is 9.93. The molecule has 0 fully saturated rings. The Morgan fingerprint density at radius 1 is 0.816 bits per heavy atom. The van der Waals surface area contributed by atoms with Gasteiger partial charge in [0.15, 0.2) is 11.5 Å². The first-order valence-corrected chi connectivity index (χ1v) is 13.7. The number of rotatable bonds is 6. The largest absolute Gasteiger partial charge is 0.497 e. The molecule has 2 atom stereocenters. The molecule has 4 aromatic rings. The molecule has 0 spiro atoms. The van der Waals surface area contributed by atoms with Gasteiger partial charge in [0.2, 0.25) is 0 Å². The van der Waals surface area contributed by atoms with Gasteiger partial charge in [-0.05, 0) is 58.7 Å². The summed E-state index contributed by atoms with van der Waals surface area (Å²) < 4.78 is 45.0. The van der Waals surface area contributed by atoms with Crippen molar-refractivity contribution in [3.8, 4) is 34.1 Å². The van der Waals surface area contributed by atoms with E-state index in [0.717, 1.165) is 45.3 Å². The first kappa shape index (κ1) is 24.0. The second kappa shape index (κ2) is 9.20. The second-order valence-electron chi connectivity index (χ2n) is 9.04. The van der Waals surface area contributed by atoms with Gasteiger partial charge in [-0.3, -0.25) is 10.7 Å². The highest BCUT2D eigenvalue weighted by molar-refractivity contribution is 7.86. The molecule has 8 nitrogen and oxygen atoms in total. The molecule has 2 aliphatic heterocycles. The van der Waals surface area contributed by atoms with E-state index in [2.05, 4.69) is 12.1 Å². The van der Waals surface area contributed by atoms with E-state index in [1.165, 1.54) is 13.2 Å². The lowest BCUT2D eigenvalue weighted by molar-refractivity contribution is 0.0562. The summed E-state index contributed by atoms with van der Waals surface area (Å²) in [5.74, 6) is 1.86. The number of fused-ring (bicyclic) bond motifs is 2. The van der Waals surface area contributed by atoms with Gasteiger partial charge in [-0.2, -0.15) is 8.42 Å². The molecular weight excluding hydrogens is 504 g/mol. The number of nitrogens with zero attached hydrogens (tertiary/aromatic N) is 1. The van der Waals surface area contributed by atoms with Crippen LogP contribution in [0.5, 0.6) is 23.0 Å². The van der Waals surface area contributed by atoms with E-state index in [1.54, 1.807) is 6.07 Å². The highest BCUT2D eigenvalue weighted by Crippen LogP contribution is 2.41. The maximum atomic E-state index is 11.7. The quantitative estimate of drug-likeness (QED) is 0.363. The number of methoxy groups -OCH3 is 1. The monoisotopic (exact) mass is 528 g/mol. The van der Waals surface area contributed by atoms with E-state index < -0.39 is 16.5 Å². The van der Waals surface area contributed by atoms with Gasteiger partial charge >= 0.3 is 10.1 Å².